The number of hydrogen-bond acceptors (Lipinski definition) is 3. The second-order valence-electron chi connectivity index (χ2n) is 5.97. The van der Waals surface area contributed by atoms with Gasteiger partial charge in [-0.05, 0) is 50.2 Å². The Morgan fingerprint density at radius 2 is 2.00 bits per heavy atom. The molecular weight excluding hydrogens is 276 g/mol. The number of carbonyl (C=O) groups excluding carboxylic acids is 1. The summed E-state index contributed by atoms with van der Waals surface area (Å²) in [5.41, 5.74) is 5.52. The molecule has 1 atom stereocenters. The van der Waals surface area contributed by atoms with E-state index in [1.807, 2.05) is 0 Å². The Bertz CT molecular complexity index is 345. The van der Waals surface area contributed by atoms with E-state index in [-0.39, 0.29) is 11.2 Å². The van der Waals surface area contributed by atoms with Crippen LogP contribution in [0.25, 0.3) is 0 Å². The molecule has 2 aliphatic rings. The van der Waals surface area contributed by atoms with Crippen LogP contribution in [0.15, 0.2) is 0 Å². The van der Waals surface area contributed by atoms with Gasteiger partial charge in [-0.15, -0.1) is 11.8 Å². The van der Waals surface area contributed by atoms with Crippen molar-refractivity contribution in [3.8, 4) is 0 Å². The van der Waals surface area contributed by atoms with E-state index in [1.165, 1.54) is 6.42 Å². The van der Waals surface area contributed by atoms with E-state index in [0.29, 0.717) is 10.9 Å². The van der Waals surface area contributed by atoms with Crippen molar-refractivity contribution in [2.45, 2.75) is 62.7 Å². The van der Waals surface area contributed by atoms with Crippen molar-refractivity contribution in [3.05, 3.63) is 0 Å². The van der Waals surface area contributed by atoms with Crippen molar-refractivity contribution in [3.63, 3.8) is 0 Å². The van der Waals surface area contributed by atoms with Gasteiger partial charge >= 0.3 is 0 Å². The molecule has 0 aromatic carbocycles. The van der Waals surface area contributed by atoms with E-state index >= 15 is 0 Å². The first kappa shape index (κ1) is 15.1. The number of nitrogens with two attached hydrogens (primary N) is 1. The maximum atomic E-state index is 12.4. The summed E-state index contributed by atoms with van der Waals surface area (Å²) >= 11 is 7.02. The van der Waals surface area contributed by atoms with Crippen molar-refractivity contribution in [1.29, 1.82) is 0 Å². The minimum atomic E-state index is -0.420. The van der Waals surface area contributed by atoms with E-state index < -0.39 is 5.54 Å². The van der Waals surface area contributed by atoms with Gasteiger partial charge in [0, 0.05) is 0 Å². The van der Waals surface area contributed by atoms with Crippen LogP contribution in [-0.4, -0.2) is 27.4 Å². The van der Waals surface area contributed by atoms with Crippen LogP contribution in [0.3, 0.4) is 0 Å². The monoisotopic (exact) mass is 300 g/mol. The van der Waals surface area contributed by atoms with Crippen LogP contribution >= 0.6 is 24.0 Å². The molecule has 19 heavy (non-hydrogen) atoms. The van der Waals surface area contributed by atoms with Crippen LogP contribution < -0.4 is 11.1 Å². The number of nitrogens with one attached hydrogen (secondary N) is 1. The van der Waals surface area contributed by atoms with Crippen LogP contribution in [0.2, 0.25) is 0 Å². The molecule has 1 amide bonds. The van der Waals surface area contributed by atoms with Gasteiger partial charge in [-0.3, -0.25) is 4.79 Å². The fraction of sp³-hybridized carbons (Fsp3) is 0.857. The SMILES string of the molecule is CC1CCC(NC(=O)C2CCCCS2)(C(N)=S)CC1. The van der Waals surface area contributed by atoms with Crippen molar-refractivity contribution < 1.29 is 4.79 Å². The molecule has 5 heteroatoms. The molecule has 1 heterocycles. The maximum absolute atomic E-state index is 12.4. The summed E-state index contributed by atoms with van der Waals surface area (Å²) in [6.07, 6.45) is 7.35. The first-order valence-electron chi connectivity index (χ1n) is 7.27. The van der Waals surface area contributed by atoms with Crippen LogP contribution in [0.5, 0.6) is 0 Å². The molecule has 0 bridgehead atoms. The highest BCUT2D eigenvalue weighted by molar-refractivity contribution is 8.00. The highest BCUT2D eigenvalue weighted by Crippen LogP contribution is 2.33. The van der Waals surface area contributed by atoms with Crippen LogP contribution in [-0.2, 0) is 4.79 Å². The highest BCUT2D eigenvalue weighted by Gasteiger charge is 2.39. The summed E-state index contributed by atoms with van der Waals surface area (Å²) in [7, 11) is 0. The number of rotatable bonds is 3. The third-order valence-electron chi connectivity index (χ3n) is 4.43. The Morgan fingerprint density at radius 3 is 2.53 bits per heavy atom. The van der Waals surface area contributed by atoms with E-state index in [1.54, 1.807) is 11.8 Å². The highest BCUT2D eigenvalue weighted by atomic mass is 32.2. The lowest BCUT2D eigenvalue weighted by molar-refractivity contribution is -0.122. The Balaban J connectivity index is 2.00. The molecule has 1 saturated heterocycles. The molecule has 3 N–H and O–H groups in total. The van der Waals surface area contributed by atoms with E-state index in [9.17, 15) is 4.79 Å². The van der Waals surface area contributed by atoms with E-state index in [4.69, 9.17) is 18.0 Å². The molecule has 3 nitrogen and oxygen atoms in total. The number of amides is 1. The molecule has 2 fully saturated rings. The minimum Gasteiger partial charge on any atom is -0.391 e. The summed E-state index contributed by atoms with van der Waals surface area (Å²) in [5, 5.41) is 3.29. The van der Waals surface area contributed by atoms with Gasteiger partial charge in [0.25, 0.3) is 0 Å². The zero-order valence-electron chi connectivity index (χ0n) is 11.6. The summed E-state index contributed by atoms with van der Waals surface area (Å²) < 4.78 is 0. The van der Waals surface area contributed by atoms with Crippen molar-refractivity contribution in [1.82, 2.24) is 5.32 Å². The molecule has 2 rings (SSSR count). The van der Waals surface area contributed by atoms with Gasteiger partial charge in [-0.2, -0.15) is 0 Å². The number of thiocarbonyl (C=S) groups is 1. The van der Waals surface area contributed by atoms with Crippen molar-refractivity contribution in [2.24, 2.45) is 11.7 Å². The zero-order chi connectivity index (χ0) is 13.9. The standard InChI is InChI=1S/C14H24N2OS2/c1-10-5-7-14(8-6-10,13(15)18)16-12(17)11-4-2-3-9-19-11/h10-11H,2-9H2,1H3,(H2,15,18)(H,16,17). The predicted molar refractivity (Wildman–Crippen MR) is 85.4 cm³/mol. The summed E-state index contributed by atoms with van der Waals surface area (Å²) in [4.78, 5) is 12.9. The molecule has 0 aromatic heterocycles. The van der Waals surface area contributed by atoms with Gasteiger partial charge in [0.05, 0.1) is 15.8 Å². The van der Waals surface area contributed by atoms with Crippen LogP contribution in [0.1, 0.15) is 51.9 Å². The molecular formula is C14H24N2OS2. The molecule has 1 saturated carbocycles. The predicted octanol–water partition coefficient (Wildman–Crippen LogP) is 2.62. The summed E-state index contributed by atoms with van der Waals surface area (Å²) in [6, 6.07) is 0. The summed E-state index contributed by atoms with van der Waals surface area (Å²) in [5.74, 6) is 1.95. The quantitative estimate of drug-likeness (QED) is 0.787. The fourth-order valence-electron chi connectivity index (χ4n) is 2.95. The third-order valence-corrected chi connectivity index (χ3v) is 6.20. The Morgan fingerprint density at radius 1 is 1.32 bits per heavy atom. The fourth-order valence-corrected chi connectivity index (χ4v) is 4.41. The van der Waals surface area contributed by atoms with Crippen LogP contribution in [0, 0.1) is 5.92 Å². The maximum Gasteiger partial charge on any atom is 0.233 e. The molecule has 0 spiro atoms. The molecule has 1 unspecified atom stereocenters. The molecule has 1 aliphatic carbocycles. The average Bonchev–Trinajstić information content (AvgIpc) is 2.42. The number of thioether (sulfide) groups is 1. The molecule has 0 aromatic rings. The topological polar surface area (TPSA) is 55.1 Å². The van der Waals surface area contributed by atoms with E-state index in [2.05, 4.69) is 12.2 Å². The normalized spacial score (nSPS) is 35.6. The first-order chi connectivity index (χ1) is 9.03. The lowest BCUT2D eigenvalue weighted by Crippen LogP contribution is -2.59. The van der Waals surface area contributed by atoms with Gasteiger partial charge in [-0.1, -0.05) is 25.6 Å². The van der Waals surface area contributed by atoms with Gasteiger partial charge in [-0.25, -0.2) is 0 Å². The molecule has 0 radical (unpaired) electrons. The Hall–Kier alpha value is -0.290. The first-order valence-corrected chi connectivity index (χ1v) is 8.73. The largest absolute Gasteiger partial charge is 0.391 e. The smallest absolute Gasteiger partial charge is 0.233 e. The third kappa shape index (κ3) is 3.63. The average molecular weight is 300 g/mol. The minimum absolute atomic E-state index is 0.0966. The lowest BCUT2D eigenvalue weighted by Gasteiger charge is -2.40. The van der Waals surface area contributed by atoms with Gasteiger partial charge < -0.3 is 11.1 Å². The number of hydrogen-bond donors (Lipinski definition) is 2. The second-order valence-corrected chi connectivity index (χ2v) is 7.72. The van der Waals surface area contributed by atoms with Gasteiger partial charge in [0.1, 0.15) is 0 Å². The molecule has 108 valence electrons. The zero-order valence-corrected chi connectivity index (χ0v) is 13.2. The Labute approximate surface area is 125 Å². The Kier molecular flexibility index (Phi) is 5.12. The van der Waals surface area contributed by atoms with Gasteiger partial charge in [0.2, 0.25) is 5.91 Å². The van der Waals surface area contributed by atoms with Crippen molar-refractivity contribution >= 4 is 34.9 Å². The van der Waals surface area contributed by atoms with Crippen LogP contribution in [0.4, 0.5) is 0 Å². The lowest BCUT2D eigenvalue weighted by atomic mass is 9.77. The van der Waals surface area contributed by atoms with E-state index in [0.717, 1.165) is 44.3 Å². The summed E-state index contributed by atoms with van der Waals surface area (Å²) in [6.45, 7) is 2.25. The van der Waals surface area contributed by atoms with Gasteiger partial charge in [0.15, 0.2) is 0 Å². The van der Waals surface area contributed by atoms with Crippen molar-refractivity contribution in [2.75, 3.05) is 5.75 Å². The second kappa shape index (κ2) is 6.44. The molecule has 1 aliphatic heterocycles. The number of carbonyl (C=O) groups is 1.